The van der Waals surface area contributed by atoms with Crippen molar-refractivity contribution in [2.45, 2.75) is 38.6 Å². The number of amides is 1. The number of carbonyl (C=O) groups excluding carboxylic acids is 1. The minimum Gasteiger partial charge on any atom is -0.396 e. The van der Waals surface area contributed by atoms with Crippen molar-refractivity contribution in [1.82, 2.24) is 4.90 Å². The van der Waals surface area contributed by atoms with Crippen molar-refractivity contribution in [1.29, 1.82) is 0 Å². The highest BCUT2D eigenvalue weighted by molar-refractivity contribution is 5.78. The molecule has 2 N–H and O–H groups in total. The first-order chi connectivity index (χ1) is 9.63. The van der Waals surface area contributed by atoms with Gasteiger partial charge in [0.1, 0.15) is 0 Å². The van der Waals surface area contributed by atoms with Crippen molar-refractivity contribution in [2.75, 3.05) is 25.0 Å². The summed E-state index contributed by atoms with van der Waals surface area (Å²) in [6, 6.07) is 8.37. The van der Waals surface area contributed by atoms with Gasteiger partial charge >= 0.3 is 0 Å². The largest absolute Gasteiger partial charge is 0.396 e. The maximum Gasteiger partial charge on any atom is 0.223 e. The number of fused-ring (bicyclic) bond motifs is 1. The predicted molar refractivity (Wildman–Crippen MR) is 80.8 cm³/mol. The molecular formula is C16H24N2O2. The van der Waals surface area contributed by atoms with Crippen LogP contribution in [0.5, 0.6) is 0 Å². The van der Waals surface area contributed by atoms with Crippen LogP contribution in [0.4, 0.5) is 5.69 Å². The number of nitrogens with zero attached hydrogens (tertiary/aromatic N) is 1. The number of nitrogens with one attached hydrogen (secondary N) is 1. The molecule has 0 bridgehead atoms. The highest BCUT2D eigenvalue weighted by Gasteiger charge is 2.26. The molecule has 0 aromatic heterocycles. The van der Waals surface area contributed by atoms with E-state index in [-0.39, 0.29) is 24.5 Å². The molecule has 0 fully saturated rings. The summed E-state index contributed by atoms with van der Waals surface area (Å²) >= 11 is 0. The molecule has 0 spiro atoms. The van der Waals surface area contributed by atoms with E-state index in [9.17, 15) is 4.79 Å². The van der Waals surface area contributed by atoms with Crippen LogP contribution in [0.2, 0.25) is 0 Å². The molecule has 4 heteroatoms. The Labute approximate surface area is 120 Å². The van der Waals surface area contributed by atoms with Gasteiger partial charge in [-0.1, -0.05) is 18.2 Å². The normalized spacial score (nSPS) is 16.9. The molecule has 0 saturated heterocycles. The second-order valence-corrected chi connectivity index (χ2v) is 5.63. The summed E-state index contributed by atoms with van der Waals surface area (Å²) in [6.45, 7) is 5.64. The maximum absolute atomic E-state index is 12.5. The zero-order valence-electron chi connectivity index (χ0n) is 12.3. The fourth-order valence-corrected chi connectivity index (χ4v) is 2.78. The Kier molecular flexibility index (Phi) is 5.01. The lowest BCUT2D eigenvalue weighted by Crippen LogP contribution is -2.38. The fourth-order valence-electron chi connectivity index (χ4n) is 2.78. The number of aliphatic hydroxyl groups excluding tert-OH is 1. The van der Waals surface area contributed by atoms with E-state index >= 15 is 0 Å². The van der Waals surface area contributed by atoms with Gasteiger partial charge in [-0.2, -0.15) is 0 Å². The second kappa shape index (κ2) is 6.75. The number of benzene rings is 1. The first-order valence-corrected chi connectivity index (χ1v) is 7.36. The van der Waals surface area contributed by atoms with E-state index in [4.69, 9.17) is 5.11 Å². The molecular weight excluding hydrogens is 252 g/mol. The molecule has 1 atom stereocenters. The van der Waals surface area contributed by atoms with Gasteiger partial charge in [0.25, 0.3) is 0 Å². The minimum absolute atomic E-state index is 0.129. The third-order valence-electron chi connectivity index (χ3n) is 3.86. The summed E-state index contributed by atoms with van der Waals surface area (Å²) in [6.07, 6.45) is 1.18. The Morgan fingerprint density at radius 1 is 1.45 bits per heavy atom. The van der Waals surface area contributed by atoms with E-state index in [2.05, 4.69) is 17.4 Å². The van der Waals surface area contributed by atoms with Gasteiger partial charge in [0.2, 0.25) is 5.91 Å². The summed E-state index contributed by atoms with van der Waals surface area (Å²) in [5, 5.41) is 12.3. The van der Waals surface area contributed by atoms with Gasteiger partial charge in [-0.15, -0.1) is 0 Å². The quantitative estimate of drug-likeness (QED) is 0.837. The summed E-state index contributed by atoms with van der Waals surface area (Å²) in [5.41, 5.74) is 2.39. The highest BCUT2D eigenvalue weighted by atomic mass is 16.3. The van der Waals surface area contributed by atoms with Gasteiger partial charge in [0.05, 0.1) is 0 Å². The van der Waals surface area contributed by atoms with Crippen LogP contribution in [0.3, 0.4) is 0 Å². The van der Waals surface area contributed by atoms with Crippen LogP contribution in [-0.2, 0) is 4.79 Å². The van der Waals surface area contributed by atoms with Crippen molar-refractivity contribution in [3.05, 3.63) is 29.8 Å². The molecule has 0 radical (unpaired) electrons. The third-order valence-corrected chi connectivity index (χ3v) is 3.86. The Morgan fingerprint density at radius 2 is 2.20 bits per heavy atom. The number of anilines is 1. The van der Waals surface area contributed by atoms with Crippen LogP contribution < -0.4 is 5.32 Å². The maximum atomic E-state index is 12.5. The first-order valence-electron chi connectivity index (χ1n) is 7.36. The predicted octanol–water partition coefficient (Wildman–Crippen LogP) is 2.21. The van der Waals surface area contributed by atoms with Crippen LogP contribution in [-0.4, -0.2) is 41.7 Å². The monoisotopic (exact) mass is 276 g/mol. The zero-order chi connectivity index (χ0) is 14.5. The number of carbonyl (C=O) groups is 1. The molecule has 1 unspecified atom stereocenters. The van der Waals surface area contributed by atoms with Gasteiger partial charge in [0.15, 0.2) is 0 Å². The Bertz CT molecular complexity index is 460. The lowest BCUT2D eigenvalue weighted by Gasteiger charge is -2.27. The molecule has 1 aliphatic rings. The number of aliphatic hydroxyl groups is 1. The Balaban J connectivity index is 2.00. The standard InChI is InChI=1S/C16H24N2O2/c1-12(2)18(8-5-9-19)16(20)10-13-11-17-15-7-4-3-6-14(13)15/h3-4,6-7,12-13,17,19H,5,8-11H2,1-2H3. The summed E-state index contributed by atoms with van der Waals surface area (Å²) in [4.78, 5) is 14.3. The van der Waals surface area contributed by atoms with Crippen LogP contribution in [0.1, 0.15) is 38.2 Å². The molecule has 20 heavy (non-hydrogen) atoms. The van der Waals surface area contributed by atoms with Crippen LogP contribution >= 0.6 is 0 Å². The molecule has 2 rings (SSSR count). The lowest BCUT2D eigenvalue weighted by atomic mass is 9.97. The first kappa shape index (κ1) is 14.9. The van der Waals surface area contributed by atoms with Crippen molar-refractivity contribution in [3.63, 3.8) is 0 Å². The third kappa shape index (κ3) is 3.31. The van der Waals surface area contributed by atoms with E-state index in [0.29, 0.717) is 19.4 Å². The average molecular weight is 276 g/mol. The van der Waals surface area contributed by atoms with Crippen molar-refractivity contribution < 1.29 is 9.90 Å². The molecule has 4 nitrogen and oxygen atoms in total. The number of para-hydroxylation sites is 1. The van der Waals surface area contributed by atoms with E-state index in [1.807, 2.05) is 30.9 Å². The topological polar surface area (TPSA) is 52.6 Å². The second-order valence-electron chi connectivity index (χ2n) is 5.63. The molecule has 0 aliphatic carbocycles. The zero-order valence-corrected chi connectivity index (χ0v) is 12.3. The van der Waals surface area contributed by atoms with Gasteiger partial charge < -0.3 is 15.3 Å². The summed E-state index contributed by atoms with van der Waals surface area (Å²) in [5.74, 6) is 0.436. The molecule has 1 aromatic carbocycles. The van der Waals surface area contributed by atoms with Crippen LogP contribution in [0, 0.1) is 0 Å². The van der Waals surface area contributed by atoms with Gasteiger partial charge in [-0.25, -0.2) is 0 Å². The van der Waals surface area contributed by atoms with Gasteiger partial charge in [0, 0.05) is 43.8 Å². The van der Waals surface area contributed by atoms with Crippen molar-refractivity contribution in [3.8, 4) is 0 Å². The van der Waals surface area contributed by atoms with Crippen molar-refractivity contribution in [2.24, 2.45) is 0 Å². The van der Waals surface area contributed by atoms with Crippen LogP contribution in [0.15, 0.2) is 24.3 Å². The van der Waals surface area contributed by atoms with E-state index in [1.165, 1.54) is 5.56 Å². The van der Waals surface area contributed by atoms with Gasteiger partial charge in [-0.3, -0.25) is 4.79 Å². The van der Waals surface area contributed by atoms with Crippen molar-refractivity contribution >= 4 is 11.6 Å². The molecule has 110 valence electrons. The van der Waals surface area contributed by atoms with Gasteiger partial charge in [-0.05, 0) is 31.9 Å². The molecule has 1 aliphatic heterocycles. The number of hydrogen-bond acceptors (Lipinski definition) is 3. The number of hydrogen-bond donors (Lipinski definition) is 2. The van der Waals surface area contributed by atoms with E-state index in [0.717, 1.165) is 12.2 Å². The summed E-state index contributed by atoms with van der Waals surface area (Å²) in [7, 11) is 0. The van der Waals surface area contributed by atoms with E-state index in [1.54, 1.807) is 0 Å². The molecule has 1 amide bonds. The highest BCUT2D eigenvalue weighted by Crippen LogP contribution is 2.33. The molecule has 0 saturated carbocycles. The lowest BCUT2D eigenvalue weighted by molar-refractivity contribution is -0.133. The smallest absolute Gasteiger partial charge is 0.223 e. The Morgan fingerprint density at radius 3 is 2.90 bits per heavy atom. The average Bonchev–Trinajstić information content (AvgIpc) is 2.82. The molecule has 1 aromatic rings. The number of rotatable bonds is 6. The van der Waals surface area contributed by atoms with Crippen LogP contribution in [0.25, 0.3) is 0 Å². The summed E-state index contributed by atoms with van der Waals surface area (Å²) < 4.78 is 0. The minimum atomic E-state index is 0.129. The van der Waals surface area contributed by atoms with E-state index < -0.39 is 0 Å². The SMILES string of the molecule is CC(C)N(CCCO)C(=O)CC1CNc2ccccc21. The fraction of sp³-hybridized carbons (Fsp3) is 0.562. The molecule has 1 heterocycles. The Hall–Kier alpha value is -1.55.